The van der Waals surface area contributed by atoms with Crippen LogP contribution in [0.3, 0.4) is 0 Å². The van der Waals surface area contributed by atoms with Crippen LogP contribution in [-0.4, -0.2) is 19.5 Å². The second-order valence-corrected chi connectivity index (χ2v) is 14.3. The molecule has 0 N–H and O–H groups in total. The minimum absolute atomic E-state index is 0.570. The Morgan fingerprint density at radius 2 is 1.13 bits per heavy atom. The molecule has 0 bridgehead atoms. The molecule has 4 heterocycles. The van der Waals surface area contributed by atoms with Crippen LogP contribution in [0.15, 0.2) is 156 Å². The van der Waals surface area contributed by atoms with E-state index in [0.29, 0.717) is 17.5 Å². The SMILES string of the molecule is Cc1cc(-c2nc(-c3ccccc3)nc(-c3ccccc3)n2)c2oc3ccccc3c2c1-n1c2ccccc2c2ccc3c4ccccc4sc3c21. The highest BCUT2D eigenvalue weighted by Gasteiger charge is 2.26. The number of rotatable bonds is 4. The molecular formula is C46H28N4OS. The molecule has 0 atom stereocenters. The summed E-state index contributed by atoms with van der Waals surface area (Å²) in [6.45, 7) is 2.20. The number of para-hydroxylation sites is 2. The second-order valence-electron chi connectivity index (χ2n) is 13.2. The normalized spacial score (nSPS) is 11.9. The highest BCUT2D eigenvalue weighted by molar-refractivity contribution is 7.26. The Kier molecular flexibility index (Phi) is 6.27. The summed E-state index contributed by atoms with van der Waals surface area (Å²) < 4.78 is 11.9. The number of aryl methyl sites for hydroxylation is 1. The van der Waals surface area contributed by atoms with Gasteiger partial charge in [0.25, 0.3) is 0 Å². The number of thiophene rings is 1. The van der Waals surface area contributed by atoms with Gasteiger partial charge in [0.05, 0.1) is 32.4 Å². The Morgan fingerprint density at radius 1 is 0.538 bits per heavy atom. The maximum atomic E-state index is 6.87. The van der Waals surface area contributed by atoms with Crippen LogP contribution in [0.2, 0.25) is 0 Å². The van der Waals surface area contributed by atoms with Crippen molar-refractivity contribution in [3.05, 3.63) is 157 Å². The molecule has 11 aromatic rings. The Balaban J connectivity index is 1.28. The Labute approximate surface area is 302 Å². The van der Waals surface area contributed by atoms with Crippen molar-refractivity contribution in [2.45, 2.75) is 6.92 Å². The van der Waals surface area contributed by atoms with Crippen molar-refractivity contribution >= 4 is 75.3 Å². The lowest BCUT2D eigenvalue weighted by atomic mass is 10.0. The highest BCUT2D eigenvalue weighted by Crippen LogP contribution is 2.47. The predicted molar refractivity (Wildman–Crippen MR) is 215 cm³/mol. The van der Waals surface area contributed by atoms with Crippen LogP contribution in [0, 0.1) is 6.92 Å². The minimum atomic E-state index is 0.570. The Hall–Kier alpha value is -6.63. The first kappa shape index (κ1) is 29.1. The van der Waals surface area contributed by atoms with Crippen molar-refractivity contribution in [2.75, 3.05) is 0 Å². The third-order valence-corrected chi connectivity index (χ3v) is 11.3. The molecule has 0 aliphatic rings. The van der Waals surface area contributed by atoms with Crippen LogP contribution >= 0.6 is 11.3 Å². The first-order chi connectivity index (χ1) is 25.7. The van der Waals surface area contributed by atoms with E-state index in [-0.39, 0.29) is 0 Å². The van der Waals surface area contributed by atoms with E-state index in [1.807, 2.05) is 84.1 Å². The predicted octanol–water partition coefficient (Wildman–Crippen LogP) is 12.5. The Bertz CT molecular complexity index is 3140. The van der Waals surface area contributed by atoms with E-state index in [4.69, 9.17) is 19.4 Å². The average Bonchev–Trinajstić information content (AvgIpc) is 3.88. The standard InChI is InChI=1S/C46H28N4OS/c1-27-26-35(46-48-44(28-14-4-2-5-15-28)47-45(49-46)29-16-6-3-7-17-29)42-39(34-20-9-12-22-37(34)51-42)40(27)50-36-21-11-8-18-30(36)32-24-25-33-31-19-10-13-23-38(31)52-43(33)41(32)50/h2-26H,1H3. The number of fused-ring (bicyclic) bond motifs is 10. The summed E-state index contributed by atoms with van der Waals surface area (Å²) >= 11 is 1.86. The summed E-state index contributed by atoms with van der Waals surface area (Å²) in [6.07, 6.45) is 0. The van der Waals surface area contributed by atoms with Crippen LogP contribution in [0.4, 0.5) is 0 Å². The van der Waals surface area contributed by atoms with Crippen LogP contribution < -0.4 is 0 Å². The van der Waals surface area contributed by atoms with E-state index in [2.05, 4.69) is 90.4 Å². The lowest BCUT2D eigenvalue weighted by Gasteiger charge is -2.16. The zero-order valence-electron chi connectivity index (χ0n) is 28.0. The Morgan fingerprint density at radius 3 is 1.88 bits per heavy atom. The third kappa shape index (κ3) is 4.25. The second kappa shape index (κ2) is 11.2. The van der Waals surface area contributed by atoms with Gasteiger partial charge in [-0.1, -0.05) is 127 Å². The van der Waals surface area contributed by atoms with Gasteiger partial charge in [0.2, 0.25) is 0 Å². The van der Waals surface area contributed by atoms with Gasteiger partial charge in [0.1, 0.15) is 11.2 Å². The average molecular weight is 685 g/mol. The molecule has 11 rings (SSSR count). The summed E-state index contributed by atoms with van der Waals surface area (Å²) in [7, 11) is 0. The lowest BCUT2D eigenvalue weighted by molar-refractivity contribution is 0.669. The summed E-state index contributed by atoms with van der Waals surface area (Å²) in [5.41, 5.74) is 8.81. The molecule has 0 aliphatic heterocycles. The van der Waals surface area contributed by atoms with Gasteiger partial charge in [-0.3, -0.25) is 0 Å². The molecule has 0 fully saturated rings. The largest absolute Gasteiger partial charge is 0.455 e. The first-order valence-corrected chi connectivity index (χ1v) is 18.2. The number of hydrogen-bond acceptors (Lipinski definition) is 5. The zero-order valence-corrected chi connectivity index (χ0v) is 28.9. The molecule has 4 aromatic heterocycles. The maximum absolute atomic E-state index is 6.87. The summed E-state index contributed by atoms with van der Waals surface area (Å²) in [5, 5.41) is 7.09. The molecule has 7 aromatic carbocycles. The number of furan rings is 1. The molecule has 0 saturated carbocycles. The van der Waals surface area contributed by atoms with E-state index in [0.717, 1.165) is 55.4 Å². The molecule has 244 valence electrons. The van der Waals surface area contributed by atoms with Crippen molar-refractivity contribution in [1.29, 1.82) is 0 Å². The topological polar surface area (TPSA) is 56.7 Å². The number of benzene rings is 7. The summed E-state index contributed by atoms with van der Waals surface area (Å²) in [5.74, 6) is 1.80. The minimum Gasteiger partial charge on any atom is -0.455 e. The van der Waals surface area contributed by atoms with Crippen molar-refractivity contribution < 1.29 is 4.42 Å². The van der Waals surface area contributed by atoms with Crippen molar-refractivity contribution in [1.82, 2.24) is 19.5 Å². The number of hydrogen-bond donors (Lipinski definition) is 0. The van der Waals surface area contributed by atoms with E-state index in [9.17, 15) is 0 Å². The van der Waals surface area contributed by atoms with Gasteiger partial charge in [0.15, 0.2) is 17.5 Å². The van der Waals surface area contributed by atoms with Crippen molar-refractivity contribution in [3.63, 3.8) is 0 Å². The fourth-order valence-corrected chi connectivity index (χ4v) is 9.10. The van der Waals surface area contributed by atoms with E-state index >= 15 is 0 Å². The van der Waals surface area contributed by atoms with Crippen LogP contribution in [-0.2, 0) is 0 Å². The molecule has 0 aliphatic carbocycles. The van der Waals surface area contributed by atoms with Crippen molar-refractivity contribution in [3.8, 4) is 39.9 Å². The monoisotopic (exact) mass is 684 g/mol. The van der Waals surface area contributed by atoms with Crippen LogP contribution in [0.25, 0.3) is 104 Å². The summed E-state index contributed by atoms with van der Waals surface area (Å²) in [6, 6.07) is 52.8. The van der Waals surface area contributed by atoms with Gasteiger partial charge in [-0.2, -0.15) is 0 Å². The first-order valence-electron chi connectivity index (χ1n) is 17.4. The highest BCUT2D eigenvalue weighted by atomic mass is 32.1. The number of nitrogens with zero attached hydrogens (tertiary/aromatic N) is 4. The smallest absolute Gasteiger partial charge is 0.167 e. The molecule has 0 radical (unpaired) electrons. The molecule has 52 heavy (non-hydrogen) atoms. The lowest BCUT2D eigenvalue weighted by Crippen LogP contribution is -2.03. The molecule has 0 unspecified atom stereocenters. The van der Waals surface area contributed by atoms with E-state index < -0.39 is 0 Å². The van der Waals surface area contributed by atoms with E-state index in [1.165, 1.54) is 36.5 Å². The molecule has 5 nitrogen and oxygen atoms in total. The summed E-state index contributed by atoms with van der Waals surface area (Å²) in [4.78, 5) is 15.2. The van der Waals surface area contributed by atoms with E-state index in [1.54, 1.807) is 0 Å². The maximum Gasteiger partial charge on any atom is 0.167 e. The van der Waals surface area contributed by atoms with Gasteiger partial charge in [-0.15, -0.1) is 11.3 Å². The van der Waals surface area contributed by atoms with Crippen LogP contribution in [0.5, 0.6) is 0 Å². The fourth-order valence-electron chi connectivity index (χ4n) is 7.86. The molecule has 0 saturated heterocycles. The van der Waals surface area contributed by atoms with Crippen LogP contribution in [0.1, 0.15) is 5.56 Å². The van der Waals surface area contributed by atoms with Gasteiger partial charge >= 0.3 is 0 Å². The quantitative estimate of drug-likeness (QED) is 0.185. The van der Waals surface area contributed by atoms with Gasteiger partial charge < -0.3 is 8.98 Å². The van der Waals surface area contributed by atoms with Gasteiger partial charge in [0, 0.05) is 42.8 Å². The third-order valence-electron chi connectivity index (χ3n) is 10.2. The number of aromatic nitrogens is 4. The fraction of sp³-hybridized carbons (Fsp3) is 0.0217. The molecule has 0 amide bonds. The van der Waals surface area contributed by atoms with Crippen molar-refractivity contribution in [2.24, 2.45) is 0 Å². The van der Waals surface area contributed by atoms with Gasteiger partial charge in [-0.05, 0) is 36.8 Å². The zero-order chi connectivity index (χ0) is 34.3. The molecule has 0 spiro atoms. The molecular weight excluding hydrogens is 657 g/mol. The molecule has 6 heteroatoms. The van der Waals surface area contributed by atoms with Gasteiger partial charge in [-0.25, -0.2) is 15.0 Å².